The van der Waals surface area contributed by atoms with Crippen molar-refractivity contribution in [3.05, 3.63) is 94.8 Å². The van der Waals surface area contributed by atoms with Crippen LogP contribution in [0.25, 0.3) is 16.6 Å². The third-order valence-corrected chi connectivity index (χ3v) is 4.22. The number of hydrogen-bond acceptors (Lipinski definition) is 4. The predicted molar refractivity (Wildman–Crippen MR) is 102 cm³/mol. The molecule has 7 nitrogen and oxygen atoms in total. The van der Waals surface area contributed by atoms with Gasteiger partial charge in [-0.3, -0.25) is 14.9 Å². The Kier molecular flexibility index (Phi) is 4.10. The van der Waals surface area contributed by atoms with Crippen molar-refractivity contribution in [2.75, 3.05) is 5.32 Å². The highest BCUT2D eigenvalue weighted by molar-refractivity contribution is 6.07. The van der Waals surface area contributed by atoms with Crippen LogP contribution in [0.5, 0.6) is 0 Å². The Morgan fingerprint density at radius 1 is 1.00 bits per heavy atom. The summed E-state index contributed by atoms with van der Waals surface area (Å²) in [6.45, 7) is 0. The Bertz CT molecular complexity index is 1140. The van der Waals surface area contributed by atoms with E-state index in [4.69, 9.17) is 0 Å². The fourth-order valence-corrected chi connectivity index (χ4v) is 2.90. The number of rotatable bonds is 4. The number of pyridine rings is 1. The number of fused-ring (bicyclic) bond motifs is 1. The first-order valence-corrected chi connectivity index (χ1v) is 8.21. The van der Waals surface area contributed by atoms with Crippen LogP contribution in [0.15, 0.2) is 79.1 Å². The maximum absolute atomic E-state index is 12.4. The van der Waals surface area contributed by atoms with Crippen molar-refractivity contribution in [3.8, 4) is 5.69 Å². The van der Waals surface area contributed by atoms with Crippen molar-refractivity contribution in [1.82, 2.24) is 9.55 Å². The molecule has 132 valence electrons. The molecule has 0 unspecified atom stereocenters. The minimum absolute atomic E-state index is 0.0349. The summed E-state index contributed by atoms with van der Waals surface area (Å²) in [4.78, 5) is 27.1. The molecule has 0 aliphatic heterocycles. The second kappa shape index (κ2) is 6.72. The van der Waals surface area contributed by atoms with Crippen LogP contribution in [0, 0.1) is 10.1 Å². The van der Waals surface area contributed by atoms with E-state index in [9.17, 15) is 14.9 Å². The van der Waals surface area contributed by atoms with E-state index in [1.54, 1.807) is 42.6 Å². The molecule has 0 saturated carbocycles. The van der Waals surface area contributed by atoms with Crippen molar-refractivity contribution in [1.29, 1.82) is 0 Å². The van der Waals surface area contributed by atoms with Gasteiger partial charge in [-0.15, -0.1) is 0 Å². The van der Waals surface area contributed by atoms with E-state index >= 15 is 0 Å². The molecular formula is C20H14N4O3. The van der Waals surface area contributed by atoms with E-state index in [1.165, 1.54) is 12.1 Å². The van der Waals surface area contributed by atoms with Gasteiger partial charge in [-0.05, 0) is 36.4 Å². The fraction of sp³-hybridized carbons (Fsp3) is 0. The number of nitrogens with one attached hydrogen (secondary N) is 1. The number of aromatic nitrogens is 2. The standard InChI is InChI=1S/C20H14N4O3/c25-20(14-4-2-1-3-5-14)22-19-17-11-13-23(18(17)10-12-21-19)15-6-8-16(9-7-15)24(26)27/h1-13H,(H,21,22,25). The van der Waals surface area contributed by atoms with Crippen LogP contribution >= 0.6 is 0 Å². The molecule has 0 bridgehead atoms. The van der Waals surface area contributed by atoms with Gasteiger partial charge in [0.15, 0.2) is 0 Å². The monoisotopic (exact) mass is 358 g/mol. The van der Waals surface area contributed by atoms with Gasteiger partial charge in [0.05, 0.1) is 10.4 Å². The SMILES string of the molecule is O=C(Nc1nccc2c1ccn2-c1ccc([N+](=O)[O-])cc1)c1ccccc1. The van der Waals surface area contributed by atoms with Gasteiger partial charge in [-0.1, -0.05) is 18.2 Å². The zero-order valence-corrected chi connectivity index (χ0v) is 14.1. The Labute approximate surface area is 154 Å². The zero-order chi connectivity index (χ0) is 18.8. The smallest absolute Gasteiger partial charge is 0.269 e. The summed E-state index contributed by atoms with van der Waals surface area (Å²) in [5.41, 5.74) is 2.20. The van der Waals surface area contributed by atoms with E-state index in [2.05, 4.69) is 10.3 Å². The van der Waals surface area contributed by atoms with E-state index in [1.807, 2.05) is 29.0 Å². The van der Waals surface area contributed by atoms with Crippen LogP contribution in [0.1, 0.15) is 10.4 Å². The summed E-state index contributed by atoms with van der Waals surface area (Å²) < 4.78 is 1.89. The van der Waals surface area contributed by atoms with Crippen molar-refractivity contribution in [2.45, 2.75) is 0 Å². The number of benzene rings is 2. The maximum Gasteiger partial charge on any atom is 0.269 e. The van der Waals surface area contributed by atoms with Crippen LogP contribution in [0.2, 0.25) is 0 Å². The number of anilines is 1. The van der Waals surface area contributed by atoms with Gasteiger partial charge in [0.2, 0.25) is 0 Å². The van der Waals surface area contributed by atoms with E-state index in [0.717, 1.165) is 16.6 Å². The number of carbonyl (C=O) groups excluding carboxylic acids is 1. The van der Waals surface area contributed by atoms with Crippen LogP contribution in [-0.2, 0) is 0 Å². The molecule has 1 amide bonds. The highest BCUT2D eigenvalue weighted by Crippen LogP contribution is 2.26. The highest BCUT2D eigenvalue weighted by Gasteiger charge is 2.12. The zero-order valence-electron chi connectivity index (χ0n) is 14.1. The topological polar surface area (TPSA) is 90.1 Å². The first-order valence-electron chi connectivity index (χ1n) is 8.21. The third-order valence-electron chi connectivity index (χ3n) is 4.22. The van der Waals surface area contributed by atoms with Gasteiger partial charge >= 0.3 is 0 Å². The lowest BCUT2D eigenvalue weighted by atomic mass is 10.2. The van der Waals surface area contributed by atoms with Crippen LogP contribution in [-0.4, -0.2) is 20.4 Å². The fourth-order valence-electron chi connectivity index (χ4n) is 2.90. The lowest BCUT2D eigenvalue weighted by Gasteiger charge is -2.08. The number of carbonyl (C=O) groups is 1. The number of non-ortho nitro benzene ring substituents is 1. The summed E-state index contributed by atoms with van der Waals surface area (Å²) in [6.07, 6.45) is 3.45. The molecule has 0 spiro atoms. The summed E-state index contributed by atoms with van der Waals surface area (Å²) in [5.74, 6) is 0.223. The molecule has 0 saturated heterocycles. The molecule has 0 fully saturated rings. The summed E-state index contributed by atoms with van der Waals surface area (Å²) in [7, 11) is 0. The van der Waals surface area contributed by atoms with Crippen molar-refractivity contribution < 1.29 is 9.72 Å². The number of amides is 1. The summed E-state index contributed by atoms with van der Waals surface area (Å²) >= 11 is 0. The van der Waals surface area contributed by atoms with Crippen LogP contribution in [0.4, 0.5) is 11.5 Å². The molecular weight excluding hydrogens is 344 g/mol. The van der Waals surface area contributed by atoms with Gasteiger partial charge in [0, 0.05) is 41.2 Å². The molecule has 0 atom stereocenters. The largest absolute Gasteiger partial charge is 0.316 e. The number of hydrogen-bond donors (Lipinski definition) is 1. The molecule has 2 heterocycles. The van der Waals surface area contributed by atoms with Gasteiger partial charge in [-0.2, -0.15) is 0 Å². The molecule has 4 rings (SSSR count). The van der Waals surface area contributed by atoms with Gasteiger partial charge in [0.25, 0.3) is 11.6 Å². The Hall–Kier alpha value is -4.00. The second-order valence-corrected chi connectivity index (χ2v) is 5.87. The number of nitro groups is 1. The Morgan fingerprint density at radius 3 is 2.44 bits per heavy atom. The van der Waals surface area contributed by atoms with Gasteiger partial charge < -0.3 is 9.88 Å². The molecule has 7 heteroatoms. The maximum atomic E-state index is 12.4. The minimum Gasteiger partial charge on any atom is -0.316 e. The number of nitro benzene ring substituents is 1. The van der Waals surface area contributed by atoms with Crippen molar-refractivity contribution >= 4 is 28.3 Å². The Balaban J connectivity index is 1.69. The predicted octanol–water partition coefficient (Wildman–Crippen LogP) is 4.19. The van der Waals surface area contributed by atoms with E-state index in [0.29, 0.717) is 11.4 Å². The molecule has 1 N–H and O–H groups in total. The van der Waals surface area contributed by atoms with Crippen molar-refractivity contribution in [3.63, 3.8) is 0 Å². The summed E-state index contributed by atoms with van der Waals surface area (Å²) in [6, 6.07) is 18.9. The molecule has 4 aromatic rings. The van der Waals surface area contributed by atoms with E-state index < -0.39 is 4.92 Å². The molecule has 2 aromatic carbocycles. The lowest BCUT2D eigenvalue weighted by molar-refractivity contribution is -0.384. The molecule has 2 aromatic heterocycles. The molecule has 27 heavy (non-hydrogen) atoms. The van der Waals surface area contributed by atoms with Gasteiger partial charge in [0.1, 0.15) is 5.82 Å². The molecule has 0 aliphatic carbocycles. The second-order valence-electron chi connectivity index (χ2n) is 5.87. The first kappa shape index (κ1) is 16.5. The van der Waals surface area contributed by atoms with Crippen LogP contribution < -0.4 is 5.32 Å². The van der Waals surface area contributed by atoms with Gasteiger partial charge in [-0.25, -0.2) is 4.98 Å². The molecule has 0 radical (unpaired) electrons. The average Bonchev–Trinajstić information content (AvgIpc) is 3.14. The minimum atomic E-state index is -0.432. The van der Waals surface area contributed by atoms with E-state index in [-0.39, 0.29) is 11.6 Å². The normalized spacial score (nSPS) is 10.7. The average molecular weight is 358 g/mol. The third kappa shape index (κ3) is 3.13. The molecule has 0 aliphatic rings. The highest BCUT2D eigenvalue weighted by atomic mass is 16.6. The summed E-state index contributed by atoms with van der Waals surface area (Å²) in [5, 5.41) is 14.4. The number of nitrogens with zero attached hydrogens (tertiary/aromatic N) is 3. The lowest BCUT2D eigenvalue weighted by Crippen LogP contribution is -2.12. The first-order chi connectivity index (χ1) is 13.1. The quantitative estimate of drug-likeness (QED) is 0.437. The van der Waals surface area contributed by atoms with Crippen molar-refractivity contribution in [2.24, 2.45) is 0 Å². The Morgan fingerprint density at radius 2 is 1.74 bits per heavy atom. The van der Waals surface area contributed by atoms with Crippen LogP contribution in [0.3, 0.4) is 0 Å².